The molecule has 8 heteroatoms. The number of piperazine rings is 1. The third-order valence-corrected chi connectivity index (χ3v) is 7.14. The van der Waals surface area contributed by atoms with E-state index in [1.165, 1.54) is 15.6 Å². The Morgan fingerprint density at radius 3 is 2.47 bits per heavy atom. The van der Waals surface area contributed by atoms with E-state index in [-0.39, 0.29) is 6.04 Å². The van der Waals surface area contributed by atoms with Gasteiger partial charge < -0.3 is 0 Å². The molecule has 1 saturated heterocycles. The summed E-state index contributed by atoms with van der Waals surface area (Å²) in [6.07, 6.45) is 0. The molecule has 1 aliphatic heterocycles. The van der Waals surface area contributed by atoms with Crippen LogP contribution < -0.4 is 0 Å². The summed E-state index contributed by atoms with van der Waals surface area (Å²) >= 11 is 4.50. The minimum atomic E-state index is -3.38. The van der Waals surface area contributed by atoms with Gasteiger partial charge in [-0.1, -0.05) is 0 Å². The van der Waals surface area contributed by atoms with E-state index < -0.39 is 10.0 Å². The number of sulfonamides is 1. The molecule has 19 heavy (non-hydrogen) atoms. The third-order valence-electron chi connectivity index (χ3n) is 3.15. The topological polar surface area (TPSA) is 64.4 Å². The molecule has 104 valence electrons. The first-order valence-corrected chi connectivity index (χ1v) is 8.89. The molecule has 0 aliphatic carbocycles. The maximum atomic E-state index is 12.4. The molecule has 2 heterocycles. The number of hydrogen-bond donors (Lipinski definition) is 0. The van der Waals surface area contributed by atoms with E-state index in [1.807, 2.05) is 11.8 Å². The van der Waals surface area contributed by atoms with Crippen molar-refractivity contribution in [2.75, 3.05) is 26.2 Å². The Bertz CT molecular complexity index is 585. The molecule has 0 saturated carbocycles. The summed E-state index contributed by atoms with van der Waals surface area (Å²) in [5.74, 6) is 0. The van der Waals surface area contributed by atoms with Gasteiger partial charge >= 0.3 is 0 Å². The van der Waals surface area contributed by atoms with Crippen LogP contribution in [0.2, 0.25) is 0 Å². The fourth-order valence-corrected chi connectivity index (χ4v) is 5.56. The van der Waals surface area contributed by atoms with Gasteiger partial charge in [0.05, 0.1) is 15.9 Å². The summed E-state index contributed by atoms with van der Waals surface area (Å²) in [5.41, 5.74) is 0. The van der Waals surface area contributed by atoms with Crippen LogP contribution in [0.15, 0.2) is 20.1 Å². The standard InChI is InChI=1S/C11H14BrN3O2S2/c1-9(8-13)14-4-6-15(7-5-14)19(16,17)11-3-2-10(12)18-11/h2-3,9H,4-7H2,1H3. The predicted octanol–water partition coefficient (Wildman–Crippen LogP) is 1.73. The molecule has 1 fully saturated rings. The van der Waals surface area contributed by atoms with Crippen molar-refractivity contribution in [3.05, 3.63) is 15.9 Å². The Kier molecular flexibility index (Phi) is 4.63. The summed E-state index contributed by atoms with van der Waals surface area (Å²) in [4.78, 5) is 2.00. The Balaban J connectivity index is 2.08. The maximum absolute atomic E-state index is 12.4. The van der Waals surface area contributed by atoms with Gasteiger partial charge in [0.1, 0.15) is 4.21 Å². The van der Waals surface area contributed by atoms with E-state index in [2.05, 4.69) is 22.0 Å². The minimum absolute atomic E-state index is 0.166. The Hall–Kier alpha value is -0.460. The van der Waals surface area contributed by atoms with E-state index in [0.29, 0.717) is 30.4 Å². The van der Waals surface area contributed by atoms with Crippen LogP contribution in [0.3, 0.4) is 0 Å². The molecular weight excluding hydrogens is 350 g/mol. The highest BCUT2D eigenvalue weighted by atomic mass is 79.9. The molecule has 0 N–H and O–H groups in total. The summed E-state index contributed by atoms with van der Waals surface area (Å²) in [5, 5.41) is 8.87. The van der Waals surface area contributed by atoms with Crippen LogP contribution >= 0.6 is 27.3 Å². The molecule has 2 rings (SSSR count). The zero-order valence-corrected chi connectivity index (χ0v) is 13.6. The Labute approximate surface area is 125 Å². The second kappa shape index (κ2) is 5.89. The van der Waals surface area contributed by atoms with E-state index in [4.69, 9.17) is 5.26 Å². The van der Waals surface area contributed by atoms with Crippen LogP contribution in [-0.4, -0.2) is 49.8 Å². The van der Waals surface area contributed by atoms with Crippen molar-refractivity contribution < 1.29 is 8.42 Å². The molecule has 0 aromatic carbocycles. The summed E-state index contributed by atoms with van der Waals surface area (Å²) in [6.45, 7) is 3.90. The summed E-state index contributed by atoms with van der Waals surface area (Å²) < 4.78 is 27.4. The molecule has 1 aliphatic rings. The predicted molar refractivity (Wildman–Crippen MR) is 77.4 cm³/mol. The molecule has 0 amide bonds. The lowest BCUT2D eigenvalue weighted by atomic mass is 10.2. The number of halogens is 1. The van der Waals surface area contributed by atoms with E-state index in [9.17, 15) is 8.42 Å². The van der Waals surface area contributed by atoms with E-state index in [1.54, 1.807) is 12.1 Å². The lowest BCUT2D eigenvalue weighted by molar-refractivity contribution is 0.170. The van der Waals surface area contributed by atoms with Crippen LogP contribution in [-0.2, 0) is 10.0 Å². The lowest BCUT2D eigenvalue weighted by Gasteiger charge is -2.34. The number of rotatable bonds is 3. The maximum Gasteiger partial charge on any atom is 0.252 e. The van der Waals surface area contributed by atoms with Gasteiger partial charge in [-0.05, 0) is 35.0 Å². The van der Waals surface area contributed by atoms with Crippen molar-refractivity contribution in [2.24, 2.45) is 0 Å². The van der Waals surface area contributed by atoms with Crippen molar-refractivity contribution in [2.45, 2.75) is 17.2 Å². The first-order valence-electron chi connectivity index (χ1n) is 5.84. The zero-order chi connectivity index (χ0) is 14.0. The monoisotopic (exact) mass is 363 g/mol. The van der Waals surface area contributed by atoms with Gasteiger partial charge in [-0.25, -0.2) is 8.42 Å². The van der Waals surface area contributed by atoms with Gasteiger partial charge in [0.2, 0.25) is 0 Å². The minimum Gasteiger partial charge on any atom is -0.286 e. The zero-order valence-electron chi connectivity index (χ0n) is 10.4. The average Bonchev–Trinajstić information content (AvgIpc) is 2.85. The van der Waals surface area contributed by atoms with Crippen LogP contribution in [0.4, 0.5) is 0 Å². The van der Waals surface area contributed by atoms with E-state index in [0.717, 1.165) is 3.79 Å². The van der Waals surface area contributed by atoms with Crippen molar-refractivity contribution in [1.29, 1.82) is 5.26 Å². The second-order valence-electron chi connectivity index (χ2n) is 4.30. The van der Waals surface area contributed by atoms with Gasteiger partial charge in [0, 0.05) is 26.2 Å². The Morgan fingerprint density at radius 2 is 2.00 bits per heavy atom. The second-order valence-corrected chi connectivity index (χ2v) is 8.93. The smallest absolute Gasteiger partial charge is 0.252 e. The van der Waals surface area contributed by atoms with Gasteiger partial charge in [-0.2, -0.15) is 9.57 Å². The summed E-state index contributed by atoms with van der Waals surface area (Å²) in [7, 11) is -3.38. The normalized spacial score (nSPS) is 20.1. The fourth-order valence-electron chi connectivity index (χ4n) is 1.98. The van der Waals surface area contributed by atoms with Crippen molar-refractivity contribution >= 4 is 37.3 Å². The molecule has 0 spiro atoms. The third kappa shape index (κ3) is 3.17. The summed E-state index contributed by atoms with van der Waals surface area (Å²) in [6, 6.07) is 5.37. The van der Waals surface area contributed by atoms with E-state index >= 15 is 0 Å². The van der Waals surface area contributed by atoms with Crippen molar-refractivity contribution in [3.8, 4) is 6.07 Å². The highest BCUT2D eigenvalue weighted by Crippen LogP contribution is 2.29. The highest BCUT2D eigenvalue weighted by Gasteiger charge is 2.30. The largest absolute Gasteiger partial charge is 0.286 e. The molecular formula is C11H14BrN3O2S2. The van der Waals surface area contributed by atoms with Gasteiger partial charge in [-0.3, -0.25) is 4.90 Å². The molecule has 0 radical (unpaired) electrons. The first-order chi connectivity index (χ1) is 8.95. The molecule has 0 bridgehead atoms. The van der Waals surface area contributed by atoms with Crippen LogP contribution in [0.5, 0.6) is 0 Å². The molecule has 1 unspecified atom stereocenters. The molecule has 1 atom stereocenters. The number of hydrogen-bond acceptors (Lipinski definition) is 5. The van der Waals surface area contributed by atoms with Crippen LogP contribution in [0.1, 0.15) is 6.92 Å². The molecule has 1 aromatic rings. The van der Waals surface area contributed by atoms with Crippen LogP contribution in [0.25, 0.3) is 0 Å². The number of thiophene rings is 1. The van der Waals surface area contributed by atoms with Crippen LogP contribution in [0, 0.1) is 11.3 Å². The first kappa shape index (κ1) is 14.9. The average molecular weight is 364 g/mol. The Morgan fingerprint density at radius 1 is 1.37 bits per heavy atom. The SMILES string of the molecule is CC(C#N)N1CCN(S(=O)(=O)c2ccc(Br)s2)CC1. The van der Waals surface area contributed by atoms with Gasteiger partial charge in [0.15, 0.2) is 0 Å². The quantitative estimate of drug-likeness (QED) is 0.820. The fraction of sp³-hybridized carbons (Fsp3) is 0.545. The van der Waals surface area contributed by atoms with Crippen molar-refractivity contribution in [3.63, 3.8) is 0 Å². The number of nitrogens with zero attached hydrogens (tertiary/aromatic N) is 3. The van der Waals surface area contributed by atoms with Gasteiger partial charge in [-0.15, -0.1) is 11.3 Å². The lowest BCUT2D eigenvalue weighted by Crippen LogP contribution is -2.50. The molecule has 5 nitrogen and oxygen atoms in total. The highest BCUT2D eigenvalue weighted by molar-refractivity contribution is 9.11. The molecule has 1 aromatic heterocycles. The van der Waals surface area contributed by atoms with Gasteiger partial charge in [0.25, 0.3) is 10.0 Å². The van der Waals surface area contributed by atoms with Crippen molar-refractivity contribution in [1.82, 2.24) is 9.21 Å². The number of nitriles is 1.